The summed E-state index contributed by atoms with van der Waals surface area (Å²) in [7, 11) is 1.59. The minimum absolute atomic E-state index is 0.229. The van der Waals surface area contributed by atoms with Crippen LogP contribution in [0.2, 0.25) is 0 Å². The number of ether oxygens (including phenoxy) is 1. The molecule has 2 aromatic carbocycles. The Kier molecular flexibility index (Phi) is 5.57. The molecule has 0 atom stereocenters. The van der Waals surface area contributed by atoms with Gasteiger partial charge in [-0.1, -0.05) is 12.1 Å². The summed E-state index contributed by atoms with van der Waals surface area (Å²) in [6, 6.07) is 20.0. The summed E-state index contributed by atoms with van der Waals surface area (Å²) < 4.78 is 6.86. The fourth-order valence-electron chi connectivity index (χ4n) is 3.48. The normalized spacial score (nSPS) is 10.8. The lowest BCUT2D eigenvalue weighted by Gasteiger charge is -2.11. The highest BCUT2D eigenvalue weighted by atomic mass is 16.5. The van der Waals surface area contributed by atoms with Gasteiger partial charge in [-0.05, 0) is 49.4 Å². The van der Waals surface area contributed by atoms with Gasteiger partial charge in [0.1, 0.15) is 11.6 Å². The number of pyridine rings is 1. The van der Waals surface area contributed by atoms with Gasteiger partial charge >= 0.3 is 0 Å². The maximum Gasteiger partial charge on any atom is 0.255 e. The number of carbonyl (C=O) groups is 1. The molecule has 9 nitrogen and oxygen atoms in total. The zero-order valence-electron chi connectivity index (χ0n) is 18.6. The molecule has 3 heterocycles. The van der Waals surface area contributed by atoms with E-state index in [9.17, 15) is 4.79 Å². The van der Waals surface area contributed by atoms with Gasteiger partial charge in [-0.15, -0.1) is 5.10 Å². The lowest BCUT2D eigenvalue weighted by atomic mass is 10.1. The Labute approximate surface area is 195 Å². The Morgan fingerprint density at radius 3 is 2.65 bits per heavy atom. The predicted octanol–water partition coefficient (Wildman–Crippen LogP) is 4.50. The lowest BCUT2D eigenvalue weighted by molar-refractivity contribution is 0.102. The van der Waals surface area contributed by atoms with Gasteiger partial charge < -0.3 is 15.4 Å². The van der Waals surface area contributed by atoms with Crippen LogP contribution in [0.25, 0.3) is 17.2 Å². The quantitative estimate of drug-likeness (QED) is 0.391. The van der Waals surface area contributed by atoms with Crippen LogP contribution >= 0.6 is 0 Å². The van der Waals surface area contributed by atoms with Gasteiger partial charge in [0, 0.05) is 52.7 Å². The zero-order chi connectivity index (χ0) is 23.5. The van der Waals surface area contributed by atoms with Gasteiger partial charge in [0.05, 0.1) is 7.11 Å². The molecule has 2 N–H and O–H groups in total. The molecule has 5 aromatic rings. The van der Waals surface area contributed by atoms with Crippen molar-refractivity contribution in [2.45, 2.75) is 6.92 Å². The summed E-state index contributed by atoms with van der Waals surface area (Å²) in [6.07, 6.45) is 3.41. The topological polar surface area (TPSA) is 106 Å². The third kappa shape index (κ3) is 4.40. The molecular formula is C25H21N7O2. The number of hydrogen-bond acceptors (Lipinski definition) is 7. The average molecular weight is 451 g/mol. The van der Waals surface area contributed by atoms with Crippen molar-refractivity contribution in [3.63, 3.8) is 0 Å². The van der Waals surface area contributed by atoms with Gasteiger partial charge in [0.15, 0.2) is 5.82 Å². The largest absolute Gasteiger partial charge is 0.497 e. The standard InChI is InChI=1S/C25H21N7O2/c1-16-12-22(32-25(27-16)30-23(31-32)18-7-5-11-26-15-18)28-19-8-3-6-17(13-19)24(33)29-20-9-4-10-21(14-20)34-2/h3-15,28H,1-2H3,(H,29,33). The van der Waals surface area contributed by atoms with E-state index in [0.717, 1.165) is 16.9 Å². The number of fused-ring (bicyclic) bond motifs is 1. The van der Waals surface area contributed by atoms with E-state index in [1.807, 2.05) is 55.5 Å². The number of benzene rings is 2. The van der Waals surface area contributed by atoms with E-state index in [-0.39, 0.29) is 5.91 Å². The lowest BCUT2D eigenvalue weighted by Crippen LogP contribution is -2.12. The number of methoxy groups -OCH3 is 1. The molecule has 0 radical (unpaired) electrons. The van der Waals surface area contributed by atoms with Gasteiger partial charge in [-0.3, -0.25) is 9.78 Å². The molecule has 9 heteroatoms. The Bertz CT molecular complexity index is 1480. The van der Waals surface area contributed by atoms with Crippen LogP contribution in [0.3, 0.4) is 0 Å². The smallest absolute Gasteiger partial charge is 0.255 e. The highest BCUT2D eigenvalue weighted by molar-refractivity contribution is 6.05. The number of amides is 1. The van der Waals surface area contributed by atoms with Crippen molar-refractivity contribution in [3.8, 4) is 17.1 Å². The molecule has 0 aliphatic heterocycles. The van der Waals surface area contributed by atoms with E-state index in [1.54, 1.807) is 42.2 Å². The first-order chi connectivity index (χ1) is 16.6. The zero-order valence-corrected chi connectivity index (χ0v) is 18.6. The summed E-state index contributed by atoms with van der Waals surface area (Å²) in [5.74, 6) is 2.11. The van der Waals surface area contributed by atoms with Crippen LogP contribution < -0.4 is 15.4 Å². The number of carbonyl (C=O) groups excluding carboxylic acids is 1. The number of aromatic nitrogens is 5. The second-order valence-corrected chi connectivity index (χ2v) is 7.56. The molecule has 0 saturated carbocycles. The summed E-state index contributed by atoms with van der Waals surface area (Å²) >= 11 is 0. The Balaban J connectivity index is 1.42. The Hall–Kier alpha value is -4.79. The fourth-order valence-corrected chi connectivity index (χ4v) is 3.48. The van der Waals surface area contributed by atoms with E-state index in [0.29, 0.717) is 34.4 Å². The molecule has 0 bridgehead atoms. The van der Waals surface area contributed by atoms with Crippen LogP contribution in [0, 0.1) is 6.92 Å². The van der Waals surface area contributed by atoms with Crippen LogP contribution in [0.5, 0.6) is 5.75 Å². The summed E-state index contributed by atoms with van der Waals surface area (Å²) in [6.45, 7) is 1.89. The molecule has 0 fully saturated rings. The fraction of sp³-hybridized carbons (Fsp3) is 0.0800. The van der Waals surface area contributed by atoms with Crippen molar-refractivity contribution in [1.29, 1.82) is 0 Å². The summed E-state index contributed by atoms with van der Waals surface area (Å²) in [5.41, 5.74) is 3.47. The van der Waals surface area contributed by atoms with Crippen molar-refractivity contribution in [1.82, 2.24) is 24.6 Å². The molecule has 1 amide bonds. The van der Waals surface area contributed by atoms with E-state index in [4.69, 9.17) is 4.74 Å². The molecule has 0 aliphatic carbocycles. The van der Waals surface area contributed by atoms with Crippen molar-refractivity contribution in [3.05, 3.63) is 90.4 Å². The van der Waals surface area contributed by atoms with Crippen LogP contribution in [-0.2, 0) is 0 Å². The molecule has 0 unspecified atom stereocenters. The van der Waals surface area contributed by atoms with Crippen molar-refractivity contribution in [2.24, 2.45) is 0 Å². The number of rotatable bonds is 6. The first-order valence-corrected chi connectivity index (χ1v) is 10.6. The third-order valence-electron chi connectivity index (χ3n) is 5.08. The second kappa shape index (κ2) is 8.99. The minimum atomic E-state index is -0.229. The molecule has 168 valence electrons. The van der Waals surface area contributed by atoms with Crippen molar-refractivity contribution >= 4 is 28.9 Å². The first kappa shape index (κ1) is 21.1. The van der Waals surface area contributed by atoms with Gasteiger partial charge in [0.25, 0.3) is 11.7 Å². The number of nitrogens with zero attached hydrogens (tertiary/aromatic N) is 5. The number of nitrogens with one attached hydrogen (secondary N) is 2. The molecular weight excluding hydrogens is 430 g/mol. The van der Waals surface area contributed by atoms with Crippen molar-refractivity contribution < 1.29 is 9.53 Å². The minimum Gasteiger partial charge on any atom is -0.497 e. The number of hydrogen-bond donors (Lipinski definition) is 2. The number of anilines is 3. The molecule has 0 spiro atoms. The third-order valence-corrected chi connectivity index (χ3v) is 5.08. The van der Waals surface area contributed by atoms with Crippen LogP contribution in [0.4, 0.5) is 17.2 Å². The van der Waals surface area contributed by atoms with Gasteiger partial charge in [0.2, 0.25) is 0 Å². The Morgan fingerprint density at radius 2 is 1.82 bits per heavy atom. The van der Waals surface area contributed by atoms with Crippen LogP contribution in [0.15, 0.2) is 79.1 Å². The second-order valence-electron chi connectivity index (χ2n) is 7.56. The molecule has 5 rings (SSSR count). The van der Waals surface area contributed by atoms with E-state index < -0.39 is 0 Å². The van der Waals surface area contributed by atoms with Crippen LogP contribution in [0.1, 0.15) is 16.1 Å². The molecule has 3 aromatic heterocycles. The highest BCUT2D eigenvalue weighted by Crippen LogP contribution is 2.23. The average Bonchev–Trinajstić information content (AvgIpc) is 3.29. The molecule has 0 aliphatic rings. The molecule has 0 saturated heterocycles. The number of aryl methyl sites for hydroxylation is 1. The molecule has 34 heavy (non-hydrogen) atoms. The monoisotopic (exact) mass is 451 g/mol. The maximum absolute atomic E-state index is 12.8. The SMILES string of the molecule is COc1cccc(NC(=O)c2cccc(Nc3cc(C)nc4nc(-c5cccnc5)nn34)c2)c1. The van der Waals surface area contributed by atoms with Crippen molar-refractivity contribution in [2.75, 3.05) is 17.7 Å². The van der Waals surface area contributed by atoms with E-state index >= 15 is 0 Å². The van der Waals surface area contributed by atoms with Gasteiger partial charge in [-0.25, -0.2) is 4.98 Å². The Morgan fingerprint density at radius 1 is 0.971 bits per heavy atom. The summed E-state index contributed by atoms with van der Waals surface area (Å²) in [4.78, 5) is 26.0. The maximum atomic E-state index is 12.8. The van der Waals surface area contributed by atoms with Crippen LogP contribution in [-0.4, -0.2) is 37.6 Å². The first-order valence-electron chi connectivity index (χ1n) is 10.6. The van der Waals surface area contributed by atoms with E-state index in [1.165, 1.54) is 0 Å². The predicted molar refractivity (Wildman–Crippen MR) is 129 cm³/mol. The van der Waals surface area contributed by atoms with Gasteiger partial charge in [-0.2, -0.15) is 9.50 Å². The summed E-state index contributed by atoms with van der Waals surface area (Å²) in [5, 5.41) is 10.8. The van der Waals surface area contributed by atoms with E-state index in [2.05, 4.69) is 30.7 Å². The highest BCUT2D eigenvalue weighted by Gasteiger charge is 2.13.